The quantitative estimate of drug-likeness (QED) is 0.257. The van der Waals surface area contributed by atoms with E-state index in [1.54, 1.807) is 6.92 Å². The molecule has 0 aromatic heterocycles. The van der Waals surface area contributed by atoms with Crippen molar-refractivity contribution in [2.45, 2.75) is 32.2 Å². The van der Waals surface area contributed by atoms with Crippen LogP contribution in [-0.4, -0.2) is 31.3 Å². The molecule has 0 saturated heterocycles. The molecule has 88 valence electrons. The number of amidine groups is 1. The van der Waals surface area contributed by atoms with E-state index < -0.39 is 10.0 Å². The summed E-state index contributed by atoms with van der Waals surface area (Å²) in [6, 6.07) is -0.343. The normalized spacial score (nSPS) is 20.2. The molecule has 7 heteroatoms. The number of hydrogen-bond acceptors (Lipinski definition) is 4. The molecular weight excluding hydrogens is 218 g/mol. The van der Waals surface area contributed by atoms with Gasteiger partial charge in [0.15, 0.2) is 0 Å². The molecule has 1 atom stereocenters. The summed E-state index contributed by atoms with van der Waals surface area (Å²) in [5.74, 6) is 0.531. The Bertz CT molecular complexity index is 335. The minimum absolute atomic E-state index is 0.0246. The molecule has 0 spiro atoms. The van der Waals surface area contributed by atoms with Crippen LogP contribution in [-0.2, 0) is 10.0 Å². The number of nitrogens with two attached hydrogens (primary N) is 1. The van der Waals surface area contributed by atoms with Gasteiger partial charge in [-0.15, -0.1) is 0 Å². The maximum Gasteiger partial charge on any atom is 0.212 e. The van der Waals surface area contributed by atoms with Crippen molar-refractivity contribution < 1.29 is 13.6 Å². The van der Waals surface area contributed by atoms with Crippen molar-refractivity contribution in [3.8, 4) is 0 Å². The molecule has 1 aliphatic carbocycles. The molecule has 0 aromatic carbocycles. The van der Waals surface area contributed by atoms with Crippen LogP contribution in [0.3, 0.4) is 0 Å². The summed E-state index contributed by atoms with van der Waals surface area (Å²) < 4.78 is 25.5. The third kappa shape index (κ3) is 4.98. The Hall–Kier alpha value is -0.820. The molecule has 1 unspecified atom stereocenters. The first-order valence-corrected chi connectivity index (χ1v) is 6.54. The van der Waals surface area contributed by atoms with Gasteiger partial charge in [-0.05, 0) is 25.7 Å². The predicted molar refractivity (Wildman–Crippen MR) is 57.1 cm³/mol. The van der Waals surface area contributed by atoms with Crippen molar-refractivity contribution in [3.63, 3.8) is 0 Å². The molecule has 1 fully saturated rings. The highest BCUT2D eigenvalue weighted by Crippen LogP contribution is 2.30. The average molecular weight is 235 g/mol. The number of nitrogens with one attached hydrogen (secondary N) is 1. The fraction of sp³-hybridized carbons (Fsp3) is 0.875. The molecule has 1 rings (SSSR count). The van der Waals surface area contributed by atoms with Crippen LogP contribution in [0.4, 0.5) is 0 Å². The lowest BCUT2D eigenvalue weighted by Gasteiger charge is -2.12. The maximum atomic E-state index is 11.5. The monoisotopic (exact) mass is 235 g/mol. The van der Waals surface area contributed by atoms with Gasteiger partial charge in [-0.25, -0.2) is 13.1 Å². The molecule has 6 nitrogen and oxygen atoms in total. The topological polar surface area (TPSA) is 105 Å². The summed E-state index contributed by atoms with van der Waals surface area (Å²) in [7, 11) is -3.21. The van der Waals surface area contributed by atoms with E-state index in [1.165, 1.54) is 0 Å². The van der Waals surface area contributed by atoms with Crippen LogP contribution in [0.25, 0.3) is 0 Å². The van der Waals surface area contributed by atoms with E-state index in [9.17, 15) is 8.42 Å². The number of hydrogen-bond donors (Lipinski definition) is 3. The zero-order valence-corrected chi connectivity index (χ0v) is 9.50. The first kappa shape index (κ1) is 12.3. The lowest BCUT2D eigenvalue weighted by atomic mass is 10.2. The van der Waals surface area contributed by atoms with Gasteiger partial charge in [0, 0.05) is 12.5 Å². The minimum Gasteiger partial charge on any atom is -0.409 e. The van der Waals surface area contributed by atoms with E-state index in [4.69, 9.17) is 10.9 Å². The maximum absolute atomic E-state index is 11.5. The van der Waals surface area contributed by atoms with Gasteiger partial charge in [0.2, 0.25) is 10.0 Å². The summed E-state index contributed by atoms with van der Waals surface area (Å²) >= 11 is 0. The molecule has 0 aromatic rings. The van der Waals surface area contributed by atoms with Crippen molar-refractivity contribution in [1.29, 1.82) is 0 Å². The first-order valence-electron chi connectivity index (χ1n) is 4.89. The Labute approximate surface area is 89.6 Å². The van der Waals surface area contributed by atoms with Gasteiger partial charge in [0.05, 0.1) is 5.75 Å². The highest BCUT2D eigenvalue weighted by Gasteiger charge is 2.28. The molecule has 15 heavy (non-hydrogen) atoms. The molecule has 1 saturated carbocycles. The van der Waals surface area contributed by atoms with Crippen molar-refractivity contribution in [1.82, 2.24) is 4.72 Å². The zero-order valence-electron chi connectivity index (χ0n) is 8.68. The summed E-state index contributed by atoms with van der Waals surface area (Å²) in [5, 5.41) is 11.1. The van der Waals surface area contributed by atoms with Gasteiger partial charge >= 0.3 is 0 Å². The Kier molecular flexibility index (Phi) is 3.92. The number of nitrogens with zero attached hydrogens (tertiary/aromatic N) is 1. The number of sulfonamides is 1. The largest absolute Gasteiger partial charge is 0.409 e. The Morgan fingerprint density at radius 1 is 1.67 bits per heavy atom. The standard InChI is InChI=1S/C8H17N3O3S/c1-6(4-8(9)10-12)11-15(13,14)5-7-2-3-7/h6-7,11-12H,2-5H2,1H3,(H2,9,10). The van der Waals surface area contributed by atoms with Crippen LogP contribution in [0.5, 0.6) is 0 Å². The molecule has 0 radical (unpaired) electrons. The highest BCUT2D eigenvalue weighted by atomic mass is 32.2. The van der Waals surface area contributed by atoms with Crippen molar-refractivity contribution in [3.05, 3.63) is 0 Å². The van der Waals surface area contributed by atoms with Crippen LogP contribution in [0, 0.1) is 5.92 Å². The number of oxime groups is 1. The lowest BCUT2D eigenvalue weighted by Crippen LogP contribution is -2.37. The highest BCUT2D eigenvalue weighted by molar-refractivity contribution is 7.89. The smallest absolute Gasteiger partial charge is 0.212 e. The van der Waals surface area contributed by atoms with Gasteiger partial charge < -0.3 is 10.9 Å². The van der Waals surface area contributed by atoms with Crippen LogP contribution in [0.1, 0.15) is 26.2 Å². The molecule has 0 bridgehead atoms. The van der Waals surface area contributed by atoms with E-state index >= 15 is 0 Å². The van der Waals surface area contributed by atoms with Gasteiger partial charge in [0.25, 0.3) is 0 Å². The fourth-order valence-electron chi connectivity index (χ4n) is 1.35. The summed E-state index contributed by atoms with van der Waals surface area (Å²) in [5.41, 5.74) is 5.27. The van der Waals surface area contributed by atoms with Gasteiger partial charge in [0.1, 0.15) is 5.84 Å². The third-order valence-electron chi connectivity index (χ3n) is 2.18. The van der Waals surface area contributed by atoms with E-state index in [-0.39, 0.29) is 24.1 Å². The van der Waals surface area contributed by atoms with Crippen LogP contribution < -0.4 is 10.5 Å². The van der Waals surface area contributed by atoms with E-state index in [2.05, 4.69) is 9.88 Å². The van der Waals surface area contributed by atoms with Gasteiger partial charge in [-0.1, -0.05) is 5.16 Å². The molecule has 1 aliphatic rings. The second kappa shape index (κ2) is 4.80. The van der Waals surface area contributed by atoms with Gasteiger partial charge in [-0.2, -0.15) is 0 Å². The van der Waals surface area contributed by atoms with Crippen LogP contribution >= 0.6 is 0 Å². The van der Waals surface area contributed by atoms with Crippen molar-refractivity contribution in [2.24, 2.45) is 16.8 Å². The molecular formula is C8H17N3O3S. The summed E-state index contributed by atoms with van der Waals surface area (Å²) in [6.07, 6.45) is 2.20. The van der Waals surface area contributed by atoms with E-state index in [0.717, 1.165) is 12.8 Å². The molecule has 0 amide bonds. The SMILES string of the molecule is CC(CC(N)=NO)NS(=O)(=O)CC1CC1. The second-order valence-electron chi connectivity index (χ2n) is 4.04. The van der Waals surface area contributed by atoms with Crippen LogP contribution in [0.15, 0.2) is 5.16 Å². The zero-order chi connectivity index (χ0) is 11.5. The predicted octanol–water partition coefficient (Wildman–Crippen LogP) is -0.159. The minimum atomic E-state index is -3.21. The first-order chi connectivity index (χ1) is 6.93. The lowest BCUT2D eigenvalue weighted by molar-refractivity contribution is 0.316. The Morgan fingerprint density at radius 2 is 2.27 bits per heavy atom. The third-order valence-corrected chi connectivity index (χ3v) is 3.85. The van der Waals surface area contributed by atoms with Gasteiger partial charge in [-0.3, -0.25) is 0 Å². The summed E-state index contributed by atoms with van der Waals surface area (Å²) in [4.78, 5) is 0. The van der Waals surface area contributed by atoms with Crippen molar-refractivity contribution in [2.75, 3.05) is 5.75 Å². The van der Waals surface area contributed by atoms with Crippen molar-refractivity contribution >= 4 is 15.9 Å². The second-order valence-corrected chi connectivity index (χ2v) is 5.84. The molecule has 0 heterocycles. The fourth-order valence-corrected chi connectivity index (χ4v) is 3.09. The van der Waals surface area contributed by atoms with Crippen LogP contribution in [0.2, 0.25) is 0 Å². The molecule has 0 aliphatic heterocycles. The number of rotatable bonds is 6. The Morgan fingerprint density at radius 3 is 2.73 bits per heavy atom. The Balaban J connectivity index is 2.38. The van der Waals surface area contributed by atoms with E-state index in [0.29, 0.717) is 5.92 Å². The summed E-state index contributed by atoms with van der Waals surface area (Å²) in [6.45, 7) is 1.68. The average Bonchev–Trinajstić information content (AvgIpc) is 2.85. The molecule has 4 N–H and O–H groups in total. The van der Waals surface area contributed by atoms with E-state index in [1.807, 2.05) is 0 Å².